The maximum atomic E-state index is 10.6. The number of aryl methyl sites for hydroxylation is 1. The van der Waals surface area contributed by atoms with Gasteiger partial charge in [0.05, 0.1) is 11.3 Å². The van der Waals surface area contributed by atoms with Crippen LogP contribution in [0.25, 0.3) is 11.2 Å². The molecule has 0 aliphatic rings. The molecule has 2 aromatic heterocycles. The van der Waals surface area contributed by atoms with Gasteiger partial charge in [-0.2, -0.15) is 0 Å². The van der Waals surface area contributed by atoms with Gasteiger partial charge in [0.2, 0.25) is 0 Å². The molecule has 0 saturated heterocycles. The Morgan fingerprint density at radius 3 is 2.77 bits per heavy atom. The van der Waals surface area contributed by atoms with E-state index in [0.29, 0.717) is 10.9 Å². The first-order chi connectivity index (χ1) is 10.5. The molecule has 0 fully saturated rings. The number of nitro benzene ring substituents is 1. The van der Waals surface area contributed by atoms with Gasteiger partial charge in [-0.3, -0.25) is 10.1 Å². The van der Waals surface area contributed by atoms with Crippen molar-refractivity contribution in [3.05, 3.63) is 57.5 Å². The molecule has 3 rings (SSSR count). The maximum Gasteiger partial charge on any atom is 0.269 e. The molecule has 0 bridgehead atoms. The third-order valence-electron chi connectivity index (χ3n) is 3.14. The van der Waals surface area contributed by atoms with Crippen molar-refractivity contribution < 1.29 is 4.92 Å². The Morgan fingerprint density at radius 2 is 2.09 bits per heavy atom. The van der Waals surface area contributed by atoms with Gasteiger partial charge >= 0.3 is 0 Å². The Balaban J connectivity index is 1.83. The monoisotopic (exact) mass is 334 g/mol. The Hall–Kier alpha value is -2.12. The van der Waals surface area contributed by atoms with E-state index < -0.39 is 4.92 Å². The number of thioether (sulfide) groups is 1. The molecule has 0 spiro atoms. The Morgan fingerprint density at radius 1 is 1.36 bits per heavy atom. The lowest BCUT2D eigenvalue weighted by Gasteiger charge is -2.04. The van der Waals surface area contributed by atoms with Crippen LogP contribution in [0.15, 0.2) is 41.6 Å². The van der Waals surface area contributed by atoms with E-state index in [2.05, 4.69) is 9.97 Å². The van der Waals surface area contributed by atoms with Crippen LogP contribution in [0.3, 0.4) is 0 Å². The molecule has 112 valence electrons. The average Bonchev–Trinajstić information content (AvgIpc) is 2.87. The lowest BCUT2D eigenvalue weighted by atomic mass is 10.2. The molecular formula is C14H11ClN4O2S. The van der Waals surface area contributed by atoms with Gasteiger partial charge in [0.1, 0.15) is 10.7 Å². The van der Waals surface area contributed by atoms with Crippen LogP contribution >= 0.6 is 23.4 Å². The van der Waals surface area contributed by atoms with Crippen LogP contribution in [0.5, 0.6) is 0 Å². The summed E-state index contributed by atoms with van der Waals surface area (Å²) in [4.78, 5) is 19.8. The van der Waals surface area contributed by atoms with Crippen LogP contribution in [0.4, 0.5) is 5.69 Å². The first-order valence-electron chi connectivity index (χ1n) is 6.38. The van der Waals surface area contributed by atoms with Crippen molar-refractivity contribution in [2.45, 2.75) is 10.6 Å². The molecule has 22 heavy (non-hydrogen) atoms. The van der Waals surface area contributed by atoms with E-state index >= 15 is 0 Å². The van der Waals surface area contributed by atoms with Crippen molar-refractivity contribution in [2.75, 3.05) is 0 Å². The highest BCUT2D eigenvalue weighted by molar-refractivity contribution is 7.98. The summed E-state index contributed by atoms with van der Waals surface area (Å²) in [6.45, 7) is 0. The van der Waals surface area contributed by atoms with Gasteiger partial charge in [0.25, 0.3) is 5.69 Å². The maximum absolute atomic E-state index is 10.6. The molecule has 0 unspecified atom stereocenters. The first kappa shape index (κ1) is 14.8. The summed E-state index contributed by atoms with van der Waals surface area (Å²) < 4.78 is 1.82. The second kappa shape index (κ2) is 5.94. The minimum Gasteiger partial charge on any atom is -0.318 e. The predicted molar refractivity (Wildman–Crippen MR) is 86.2 cm³/mol. The zero-order valence-electron chi connectivity index (χ0n) is 11.6. The van der Waals surface area contributed by atoms with Crippen molar-refractivity contribution in [3.8, 4) is 0 Å². The van der Waals surface area contributed by atoms with Gasteiger partial charge in [-0.25, -0.2) is 9.97 Å². The number of benzene rings is 1. The summed E-state index contributed by atoms with van der Waals surface area (Å²) in [5, 5.41) is 11.1. The topological polar surface area (TPSA) is 73.8 Å². The number of nitrogens with zero attached hydrogens (tertiary/aromatic N) is 4. The van der Waals surface area contributed by atoms with Gasteiger partial charge in [-0.05, 0) is 11.6 Å². The molecule has 0 saturated carbocycles. The van der Waals surface area contributed by atoms with E-state index in [9.17, 15) is 10.1 Å². The number of hydrogen-bond acceptors (Lipinski definition) is 5. The fourth-order valence-electron chi connectivity index (χ4n) is 2.02. The lowest BCUT2D eigenvalue weighted by molar-refractivity contribution is -0.384. The van der Waals surface area contributed by atoms with E-state index in [1.54, 1.807) is 36.3 Å². The zero-order valence-corrected chi connectivity index (χ0v) is 13.1. The second-order valence-corrected chi connectivity index (χ2v) is 6.09. The number of aromatic nitrogens is 3. The first-order valence-corrected chi connectivity index (χ1v) is 7.74. The molecule has 1 aromatic carbocycles. The number of hydrogen-bond donors (Lipinski definition) is 0. The van der Waals surface area contributed by atoms with E-state index in [1.807, 2.05) is 11.6 Å². The molecular weight excluding hydrogens is 324 g/mol. The summed E-state index contributed by atoms with van der Waals surface area (Å²) in [5.41, 5.74) is 2.62. The Bertz CT molecular complexity index is 848. The van der Waals surface area contributed by atoms with Gasteiger partial charge < -0.3 is 4.57 Å². The van der Waals surface area contributed by atoms with Gasteiger partial charge in [0.15, 0.2) is 5.65 Å². The molecule has 6 nitrogen and oxygen atoms in total. The van der Waals surface area contributed by atoms with Crippen molar-refractivity contribution in [2.24, 2.45) is 7.05 Å². The van der Waals surface area contributed by atoms with Gasteiger partial charge in [0, 0.05) is 29.8 Å². The minimum absolute atomic E-state index is 0.0906. The number of halogens is 1. The van der Waals surface area contributed by atoms with Gasteiger partial charge in [-0.15, -0.1) is 11.8 Å². The van der Waals surface area contributed by atoms with E-state index in [4.69, 9.17) is 11.6 Å². The molecule has 0 aliphatic heterocycles. The van der Waals surface area contributed by atoms with Crippen molar-refractivity contribution in [3.63, 3.8) is 0 Å². The van der Waals surface area contributed by atoms with E-state index in [0.717, 1.165) is 21.6 Å². The highest BCUT2D eigenvalue weighted by Gasteiger charge is 2.11. The largest absolute Gasteiger partial charge is 0.318 e. The number of imidazole rings is 1. The van der Waals surface area contributed by atoms with Crippen LogP contribution in [-0.4, -0.2) is 19.5 Å². The number of pyridine rings is 1. The molecule has 0 atom stereocenters. The standard InChI is InChI=1S/C14H11ClN4O2S/c1-18-8-16-13-11(6-12(15)17-14(13)18)22-7-9-2-4-10(5-3-9)19(20)21/h2-6,8H,7H2,1H3. The number of nitro groups is 1. The molecule has 0 N–H and O–H groups in total. The summed E-state index contributed by atoms with van der Waals surface area (Å²) in [6.07, 6.45) is 1.70. The van der Waals surface area contributed by atoms with Crippen molar-refractivity contribution in [1.82, 2.24) is 14.5 Å². The van der Waals surface area contributed by atoms with E-state index in [-0.39, 0.29) is 5.69 Å². The van der Waals surface area contributed by atoms with Crippen molar-refractivity contribution in [1.29, 1.82) is 0 Å². The fraction of sp³-hybridized carbons (Fsp3) is 0.143. The molecule has 2 heterocycles. The number of fused-ring (bicyclic) bond motifs is 1. The molecule has 0 radical (unpaired) electrons. The molecule has 8 heteroatoms. The zero-order chi connectivity index (χ0) is 15.7. The van der Waals surface area contributed by atoms with Crippen LogP contribution in [0, 0.1) is 10.1 Å². The van der Waals surface area contributed by atoms with E-state index in [1.165, 1.54) is 12.1 Å². The second-order valence-electron chi connectivity index (χ2n) is 4.68. The minimum atomic E-state index is -0.406. The molecule has 0 amide bonds. The summed E-state index contributed by atoms with van der Waals surface area (Å²) in [5.74, 6) is 0.671. The highest BCUT2D eigenvalue weighted by atomic mass is 35.5. The summed E-state index contributed by atoms with van der Waals surface area (Å²) >= 11 is 7.62. The van der Waals surface area contributed by atoms with Crippen LogP contribution < -0.4 is 0 Å². The normalized spacial score (nSPS) is 11.0. The Labute approximate surface area is 135 Å². The van der Waals surface area contributed by atoms with Crippen LogP contribution in [0.2, 0.25) is 5.15 Å². The lowest BCUT2D eigenvalue weighted by Crippen LogP contribution is -1.90. The molecule has 0 aliphatic carbocycles. The third-order valence-corrected chi connectivity index (χ3v) is 4.44. The SMILES string of the molecule is Cn1cnc2c(SCc3ccc([N+](=O)[O-])cc3)cc(Cl)nc21. The highest BCUT2D eigenvalue weighted by Crippen LogP contribution is 2.31. The number of rotatable bonds is 4. The summed E-state index contributed by atoms with van der Waals surface area (Å²) in [6, 6.07) is 8.30. The van der Waals surface area contributed by atoms with Crippen LogP contribution in [0.1, 0.15) is 5.56 Å². The third kappa shape index (κ3) is 2.90. The van der Waals surface area contributed by atoms with Gasteiger partial charge in [-0.1, -0.05) is 23.7 Å². The average molecular weight is 335 g/mol. The smallest absolute Gasteiger partial charge is 0.269 e. The quantitative estimate of drug-likeness (QED) is 0.314. The fourth-order valence-corrected chi connectivity index (χ4v) is 3.27. The van der Waals surface area contributed by atoms with Crippen molar-refractivity contribution >= 4 is 40.2 Å². The Kier molecular flexibility index (Phi) is 4.00. The van der Waals surface area contributed by atoms with Crippen LogP contribution in [-0.2, 0) is 12.8 Å². The predicted octanol–water partition coefficient (Wildman–Crippen LogP) is 3.82. The molecule has 3 aromatic rings. The summed E-state index contributed by atoms with van der Waals surface area (Å²) in [7, 11) is 1.86. The number of non-ortho nitro benzene ring substituents is 1.